The molecule has 1 aromatic carbocycles. The van der Waals surface area contributed by atoms with Crippen molar-refractivity contribution in [1.82, 2.24) is 14.5 Å². The number of hydrogen-bond donors (Lipinski definition) is 0. The van der Waals surface area contributed by atoms with Crippen LogP contribution in [0.1, 0.15) is 42.6 Å². The first kappa shape index (κ1) is 21.8. The van der Waals surface area contributed by atoms with E-state index in [0.717, 1.165) is 4.31 Å². The van der Waals surface area contributed by atoms with Crippen LogP contribution in [0, 0.1) is 0 Å². The molecule has 2 heterocycles. The predicted molar refractivity (Wildman–Crippen MR) is 86.2 cm³/mol. The molecule has 1 fully saturated rings. The standard InChI is InChI=1S/C15H12ClF6N3O3S/c16-9-7-8(14(17,18)19)4-5-11(9)29(26,27)25-6-2-1-3-10(25)12-23-24-13(28-12)15(20,21)22/h4-5,7,10H,1-3,6H2/t10-/m0/s1. The molecule has 0 radical (unpaired) electrons. The van der Waals surface area contributed by atoms with Crippen LogP contribution in [-0.4, -0.2) is 29.5 Å². The van der Waals surface area contributed by atoms with Gasteiger partial charge in [-0.3, -0.25) is 0 Å². The van der Waals surface area contributed by atoms with Crippen LogP contribution >= 0.6 is 11.6 Å². The molecule has 29 heavy (non-hydrogen) atoms. The van der Waals surface area contributed by atoms with E-state index in [1.165, 1.54) is 0 Å². The van der Waals surface area contributed by atoms with Crippen molar-refractivity contribution < 1.29 is 39.2 Å². The molecule has 0 spiro atoms. The third kappa shape index (κ3) is 4.36. The molecule has 1 aromatic heterocycles. The molecule has 0 bridgehead atoms. The number of benzene rings is 1. The predicted octanol–water partition coefficient (Wildman–Crippen LogP) is 4.68. The monoisotopic (exact) mass is 463 g/mol. The lowest BCUT2D eigenvalue weighted by molar-refractivity contribution is -0.157. The molecule has 6 nitrogen and oxygen atoms in total. The highest BCUT2D eigenvalue weighted by atomic mass is 35.5. The molecule has 160 valence electrons. The van der Waals surface area contributed by atoms with Gasteiger partial charge in [0, 0.05) is 6.54 Å². The third-order valence-corrected chi connectivity index (χ3v) is 6.66. The Morgan fingerprint density at radius 3 is 2.31 bits per heavy atom. The second kappa shape index (κ2) is 7.43. The lowest BCUT2D eigenvalue weighted by atomic mass is 10.1. The minimum atomic E-state index is -4.90. The normalized spacial score (nSPS) is 19.5. The lowest BCUT2D eigenvalue weighted by Gasteiger charge is -2.32. The Hall–Kier alpha value is -1.86. The van der Waals surface area contributed by atoms with E-state index in [4.69, 9.17) is 11.6 Å². The van der Waals surface area contributed by atoms with Gasteiger partial charge >= 0.3 is 18.2 Å². The van der Waals surface area contributed by atoms with Crippen LogP contribution in [0.5, 0.6) is 0 Å². The van der Waals surface area contributed by atoms with E-state index in [-0.39, 0.29) is 13.0 Å². The Kier molecular flexibility index (Phi) is 5.60. The second-order valence-corrected chi connectivity index (χ2v) is 8.48. The van der Waals surface area contributed by atoms with Gasteiger partial charge in [0.05, 0.1) is 10.6 Å². The summed E-state index contributed by atoms with van der Waals surface area (Å²) in [4.78, 5) is -0.602. The van der Waals surface area contributed by atoms with Crippen molar-refractivity contribution in [3.05, 3.63) is 40.6 Å². The van der Waals surface area contributed by atoms with Crippen molar-refractivity contribution in [1.29, 1.82) is 0 Å². The van der Waals surface area contributed by atoms with Crippen molar-refractivity contribution in [3.63, 3.8) is 0 Å². The number of aromatic nitrogens is 2. The number of rotatable bonds is 3. The summed E-state index contributed by atoms with van der Waals surface area (Å²) in [6.07, 6.45) is -8.68. The van der Waals surface area contributed by atoms with Crippen LogP contribution in [0.4, 0.5) is 26.3 Å². The molecule has 0 unspecified atom stereocenters. The van der Waals surface area contributed by atoms with E-state index in [9.17, 15) is 34.8 Å². The average molecular weight is 464 g/mol. The third-order valence-electron chi connectivity index (χ3n) is 4.27. The lowest BCUT2D eigenvalue weighted by Crippen LogP contribution is -2.38. The maximum Gasteiger partial charge on any atom is 0.470 e. The zero-order valence-corrected chi connectivity index (χ0v) is 15.8. The minimum absolute atomic E-state index is 0.0942. The summed E-state index contributed by atoms with van der Waals surface area (Å²) in [7, 11) is -4.45. The summed E-state index contributed by atoms with van der Waals surface area (Å²) >= 11 is 5.79. The average Bonchev–Trinajstić information content (AvgIpc) is 3.11. The largest absolute Gasteiger partial charge is 0.470 e. The van der Waals surface area contributed by atoms with Gasteiger partial charge in [0.1, 0.15) is 10.9 Å². The SMILES string of the molecule is O=S(=O)(c1ccc(C(F)(F)F)cc1Cl)N1CCCC[C@H]1c1nnc(C(F)(F)F)o1. The summed E-state index contributed by atoms with van der Waals surface area (Å²) in [6.45, 7) is -0.103. The fourth-order valence-corrected chi connectivity index (χ4v) is 5.11. The van der Waals surface area contributed by atoms with Gasteiger partial charge in [0.2, 0.25) is 15.9 Å². The zero-order chi connectivity index (χ0) is 21.6. The number of sulfonamides is 1. The van der Waals surface area contributed by atoms with Gasteiger partial charge in [-0.2, -0.15) is 30.6 Å². The van der Waals surface area contributed by atoms with Crippen molar-refractivity contribution in [2.24, 2.45) is 0 Å². The summed E-state index contributed by atoms with van der Waals surface area (Å²) in [5.74, 6) is -2.17. The Morgan fingerprint density at radius 2 is 1.76 bits per heavy atom. The van der Waals surface area contributed by atoms with Crippen LogP contribution in [0.3, 0.4) is 0 Å². The summed E-state index contributed by atoms with van der Waals surface area (Å²) in [5, 5.41) is 5.54. The van der Waals surface area contributed by atoms with Gasteiger partial charge in [0.25, 0.3) is 0 Å². The molecule has 0 amide bonds. The van der Waals surface area contributed by atoms with Crippen molar-refractivity contribution in [3.8, 4) is 0 Å². The quantitative estimate of drug-likeness (QED) is 0.618. The number of nitrogens with zero attached hydrogens (tertiary/aromatic N) is 3. The van der Waals surface area contributed by atoms with Gasteiger partial charge in [-0.05, 0) is 31.0 Å². The second-order valence-electron chi connectivity index (χ2n) is 6.21. The van der Waals surface area contributed by atoms with Crippen LogP contribution in [0.2, 0.25) is 5.02 Å². The molecule has 0 aliphatic carbocycles. The molecule has 1 atom stereocenters. The van der Waals surface area contributed by atoms with E-state index in [1.807, 2.05) is 0 Å². The van der Waals surface area contributed by atoms with Crippen molar-refractivity contribution >= 4 is 21.6 Å². The van der Waals surface area contributed by atoms with E-state index in [2.05, 4.69) is 14.6 Å². The zero-order valence-electron chi connectivity index (χ0n) is 14.3. The van der Waals surface area contributed by atoms with E-state index < -0.39 is 55.7 Å². The fraction of sp³-hybridized carbons (Fsp3) is 0.467. The number of hydrogen-bond acceptors (Lipinski definition) is 5. The molecule has 3 rings (SSSR count). The molecule has 0 N–H and O–H groups in total. The van der Waals surface area contributed by atoms with Crippen LogP contribution in [-0.2, 0) is 22.4 Å². The summed E-state index contributed by atoms with van der Waals surface area (Å²) in [5.41, 5.74) is -1.14. The highest BCUT2D eigenvalue weighted by Gasteiger charge is 2.43. The van der Waals surface area contributed by atoms with Crippen LogP contribution in [0.15, 0.2) is 27.5 Å². The highest BCUT2D eigenvalue weighted by molar-refractivity contribution is 7.89. The van der Waals surface area contributed by atoms with E-state index in [0.29, 0.717) is 31.0 Å². The van der Waals surface area contributed by atoms with Crippen molar-refractivity contribution in [2.75, 3.05) is 6.54 Å². The van der Waals surface area contributed by atoms with Gasteiger partial charge < -0.3 is 4.42 Å². The number of halogens is 7. The Bertz CT molecular complexity index is 1010. The molecular formula is C15H12ClF6N3O3S. The smallest absolute Gasteiger partial charge is 0.416 e. The van der Waals surface area contributed by atoms with Gasteiger partial charge in [-0.25, -0.2) is 8.42 Å². The minimum Gasteiger partial charge on any atom is -0.416 e. The Labute approximate surface area is 165 Å². The molecule has 14 heteroatoms. The molecule has 0 saturated carbocycles. The molecule has 1 aliphatic rings. The summed E-state index contributed by atoms with van der Waals surface area (Å²) < 4.78 is 108. The van der Waals surface area contributed by atoms with Gasteiger partial charge in [0.15, 0.2) is 0 Å². The van der Waals surface area contributed by atoms with E-state index in [1.54, 1.807) is 0 Å². The first-order chi connectivity index (χ1) is 13.3. The molecule has 1 saturated heterocycles. The highest BCUT2D eigenvalue weighted by Crippen LogP contribution is 2.39. The Balaban J connectivity index is 1.99. The first-order valence-corrected chi connectivity index (χ1v) is 9.93. The molecule has 1 aliphatic heterocycles. The first-order valence-electron chi connectivity index (χ1n) is 8.11. The summed E-state index contributed by atoms with van der Waals surface area (Å²) in [6, 6.07) is 0.547. The Morgan fingerprint density at radius 1 is 1.07 bits per heavy atom. The maximum atomic E-state index is 13.0. The number of alkyl halides is 6. The van der Waals surface area contributed by atoms with Gasteiger partial charge in [-0.1, -0.05) is 18.0 Å². The van der Waals surface area contributed by atoms with Crippen LogP contribution in [0.25, 0.3) is 0 Å². The van der Waals surface area contributed by atoms with Gasteiger partial charge in [-0.15, -0.1) is 10.2 Å². The maximum absolute atomic E-state index is 13.0. The number of piperidine rings is 1. The molecular weight excluding hydrogens is 452 g/mol. The van der Waals surface area contributed by atoms with Crippen molar-refractivity contribution in [2.45, 2.75) is 42.6 Å². The van der Waals surface area contributed by atoms with Crippen LogP contribution < -0.4 is 0 Å². The topological polar surface area (TPSA) is 76.3 Å². The molecule has 2 aromatic rings. The van der Waals surface area contributed by atoms with E-state index >= 15 is 0 Å². The fourth-order valence-electron chi connectivity index (χ4n) is 2.94.